The van der Waals surface area contributed by atoms with E-state index in [0.29, 0.717) is 11.8 Å². The lowest BCUT2D eigenvalue weighted by Gasteiger charge is -2.46. The van der Waals surface area contributed by atoms with Crippen LogP contribution in [0.4, 0.5) is 0 Å². The third kappa shape index (κ3) is 3.85. The minimum atomic E-state index is -0.399. The molecule has 1 amide bonds. The molecule has 0 saturated carbocycles. The average Bonchev–Trinajstić information content (AvgIpc) is 3.14. The average molecular weight is 386 g/mol. The molecule has 2 aliphatic heterocycles. The lowest BCUT2D eigenvalue weighted by Crippen LogP contribution is -2.64. The van der Waals surface area contributed by atoms with Crippen LogP contribution in [0, 0.1) is 5.92 Å². The zero-order valence-electron chi connectivity index (χ0n) is 17.5. The van der Waals surface area contributed by atoms with Crippen molar-refractivity contribution in [2.75, 3.05) is 59.5 Å². The highest BCUT2D eigenvalue weighted by Crippen LogP contribution is 2.37. The lowest BCUT2D eigenvalue weighted by molar-refractivity contribution is -0.145. The second-order valence-electron chi connectivity index (χ2n) is 8.82. The number of hydrogen-bond donors (Lipinski definition) is 0. The van der Waals surface area contributed by atoms with Crippen molar-refractivity contribution in [3.05, 3.63) is 35.4 Å². The van der Waals surface area contributed by atoms with E-state index in [-0.39, 0.29) is 0 Å². The molecule has 0 radical (unpaired) electrons. The van der Waals surface area contributed by atoms with Gasteiger partial charge in [0.25, 0.3) is 0 Å². The maximum Gasteiger partial charge on any atom is 0.243 e. The molecule has 2 fully saturated rings. The molecule has 28 heavy (non-hydrogen) atoms. The van der Waals surface area contributed by atoms with Gasteiger partial charge in [0, 0.05) is 65.8 Å². The fourth-order valence-electron chi connectivity index (χ4n) is 5.35. The van der Waals surface area contributed by atoms with E-state index in [1.54, 1.807) is 0 Å². The Kier molecular flexibility index (Phi) is 6.04. The van der Waals surface area contributed by atoms with Gasteiger partial charge in [-0.3, -0.25) is 9.69 Å². The molecule has 0 aromatic heterocycles. The maximum atomic E-state index is 13.9. The molecule has 0 N–H and O–H groups in total. The molecule has 5 nitrogen and oxygen atoms in total. The number of ether oxygens (including phenoxy) is 1. The van der Waals surface area contributed by atoms with Crippen LogP contribution >= 0.6 is 0 Å². The molecule has 5 heteroatoms. The standard InChI is InChI=1S/C23H35N3O2/c1-3-25-10-12-26(13-11-25)23(16-20-6-4-5-7-21(20)17-23)22(27)24(2)18-19-8-14-28-15-9-19/h4-7,19H,3,8-18H2,1-2H3. The highest BCUT2D eigenvalue weighted by molar-refractivity contribution is 5.88. The Labute approximate surface area is 169 Å². The van der Waals surface area contributed by atoms with Crippen LogP contribution < -0.4 is 0 Å². The smallest absolute Gasteiger partial charge is 0.243 e. The van der Waals surface area contributed by atoms with Crippen molar-refractivity contribution in [3.63, 3.8) is 0 Å². The number of piperazine rings is 1. The van der Waals surface area contributed by atoms with E-state index in [4.69, 9.17) is 4.74 Å². The molecule has 2 heterocycles. The first-order valence-corrected chi connectivity index (χ1v) is 11.0. The molecule has 0 bridgehead atoms. The Morgan fingerprint density at radius 2 is 1.71 bits per heavy atom. The topological polar surface area (TPSA) is 36.0 Å². The molecule has 1 aromatic carbocycles. The third-order valence-electron chi connectivity index (χ3n) is 7.13. The summed E-state index contributed by atoms with van der Waals surface area (Å²) in [7, 11) is 2.02. The SMILES string of the molecule is CCN1CCN(C2(C(=O)N(C)CC3CCOCC3)Cc3ccccc3C2)CC1. The predicted molar refractivity (Wildman–Crippen MR) is 111 cm³/mol. The number of nitrogens with zero attached hydrogens (tertiary/aromatic N) is 3. The highest BCUT2D eigenvalue weighted by Gasteiger charge is 2.50. The summed E-state index contributed by atoms with van der Waals surface area (Å²) in [4.78, 5) is 20.9. The van der Waals surface area contributed by atoms with Crippen molar-refractivity contribution in [2.24, 2.45) is 5.92 Å². The van der Waals surface area contributed by atoms with Crippen molar-refractivity contribution in [2.45, 2.75) is 38.1 Å². The zero-order chi connectivity index (χ0) is 19.6. The highest BCUT2D eigenvalue weighted by atomic mass is 16.5. The Balaban J connectivity index is 1.54. The van der Waals surface area contributed by atoms with Crippen LogP contribution in [0.15, 0.2) is 24.3 Å². The van der Waals surface area contributed by atoms with Crippen molar-refractivity contribution in [1.29, 1.82) is 0 Å². The molecular weight excluding hydrogens is 350 g/mol. The molecule has 0 unspecified atom stereocenters. The molecule has 1 aromatic rings. The van der Waals surface area contributed by atoms with Gasteiger partial charge in [-0.05, 0) is 36.4 Å². The molecule has 0 atom stereocenters. The van der Waals surface area contributed by atoms with Gasteiger partial charge >= 0.3 is 0 Å². The number of amides is 1. The fourth-order valence-corrected chi connectivity index (χ4v) is 5.35. The summed E-state index contributed by atoms with van der Waals surface area (Å²) in [5.74, 6) is 0.889. The van der Waals surface area contributed by atoms with Crippen molar-refractivity contribution < 1.29 is 9.53 Å². The first-order chi connectivity index (χ1) is 13.6. The Morgan fingerprint density at radius 3 is 2.29 bits per heavy atom. The summed E-state index contributed by atoms with van der Waals surface area (Å²) in [5, 5.41) is 0. The molecule has 2 saturated heterocycles. The van der Waals surface area contributed by atoms with Gasteiger partial charge in [0.05, 0.1) is 0 Å². The number of fused-ring (bicyclic) bond motifs is 1. The van der Waals surface area contributed by atoms with Crippen LogP contribution in [0.25, 0.3) is 0 Å². The summed E-state index contributed by atoms with van der Waals surface area (Å²) >= 11 is 0. The normalized spacial score (nSPS) is 23.5. The van der Waals surface area contributed by atoms with E-state index in [0.717, 1.165) is 78.2 Å². The van der Waals surface area contributed by atoms with Crippen LogP contribution in [0.1, 0.15) is 30.9 Å². The molecule has 154 valence electrons. The molecule has 0 spiro atoms. The fraction of sp³-hybridized carbons (Fsp3) is 0.696. The van der Waals surface area contributed by atoms with Gasteiger partial charge in [-0.1, -0.05) is 31.2 Å². The van der Waals surface area contributed by atoms with Gasteiger partial charge in [-0.15, -0.1) is 0 Å². The van der Waals surface area contributed by atoms with Crippen LogP contribution in [-0.2, 0) is 22.4 Å². The van der Waals surface area contributed by atoms with E-state index < -0.39 is 5.54 Å². The number of hydrogen-bond acceptors (Lipinski definition) is 4. The zero-order valence-corrected chi connectivity index (χ0v) is 17.5. The molecule has 1 aliphatic carbocycles. The van der Waals surface area contributed by atoms with Crippen molar-refractivity contribution in [3.8, 4) is 0 Å². The number of rotatable bonds is 5. The van der Waals surface area contributed by atoms with Gasteiger partial charge in [0.1, 0.15) is 5.54 Å². The van der Waals surface area contributed by atoms with E-state index in [1.165, 1.54) is 11.1 Å². The third-order valence-corrected chi connectivity index (χ3v) is 7.13. The number of benzene rings is 1. The number of carbonyl (C=O) groups is 1. The Hall–Kier alpha value is -1.43. The summed E-state index contributed by atoms with van der Waals surface area (Å²) in [6.07, 6.45) is 3.85. The van der Waals surface area contributed by atoms with Crippen LogP contribution in [0.2, 0.25) is 0 Å². The summed E-state index contributed by atoms with van der Waals surface area (Å²) in [6, 6.07) is 8.65. The van der Waals surface area contributed by atoms with E-state index in [2.05, 4.69) is 41.0 Å². The Bertz CT molecular complexity index is 653. The minimum Gasteiger partial charge on any atom is -0.381 e. The first-order valence-electron chi connectivity index (χ1n) is 11.0. The van der Waals surface area contributed by atoms with E-state index >= 15 is 0 Å². The first kappa shape index (κ1) is 19.9. The largest absolute Gasteiger partial charge is 0.381 e. The van der Waals surface area contributed by atoms with Gasteiger partial charge < -0.3 is 14.5 Å². The summed E-state index contributed by atoms with van der Waals surface area (Å²) < 4.78 is 5.50. The lowest BCUT2D eigenvalue weighted by atomic mass is 9.89. The molecule has 3 aliphatic rings. The second kappa shape index (κ2) is 8.52. The summed E-state index contributed by atoms with van der Waals surface area (Å²) in [6.45, 7) is 9.94. The predicted octanol–water partition coefficient (Wildman–Crippen LogP) is 2.05. The van der Waals surface area contributed by atoms with Gasteiger partial charge in [-0.2, -0.15) is 0 Å². The van der Waals surface area contributed by atoms with Crippen LogP contribution in [0.5, 0.6) is 0 Å². The van der Waals surface area contributed by atoms with Crippen molar-refractivity contribution >= 4 is 5.91 Å². The number of carbonyl (C=O) groups excluding carboxylic acids is 1. The summed E-state index contributed by atoms with van der Waals surface area (Å²) in [5.41, 5.74) is 2.31. The van der Waals surface area contributed by atoms with Gasteiger partial charge in [0.2, 0.25) is 5.91 Å². The number of likely N-dealkylation sites (N-methyl/N-ethyl adjacent to an activating group) is 2. The van der Waals surface area contributed by atoms with Crippen LogP contribution in [-0.4, -0.2) is 85.7 Å². The van der Waals surface area contributed by atoms with Gasteiger partial charge in [0.15, 0.2) is 0 Å². The van der Waals surface area contributed by atoms with E-state index in [9.17, 15) is 4.79 Å². The molecule has 4 rings (SSSR count). The van der Waals surface area contributed by atoms with Gasteiger partial charge in [-0.25, -0.2) is 0 Å². The van der Waals surface area contributed by atoms with Crippen molar-refractivity contribution in [1.82, 2.24) is 14.7 Å². The maximum absolute atomic E-state index is 13.9. The van der Waals surface area contributed by atoms with Crippen LogP contribution in [0.3, 0.4) is 0 Å². The quantitative estimate of drug-likeness (QED) is 0.777. The second-order valence-corrected chi connectivity index (χ2v) is 8.82. The minimum absolute atomic E-state index is 0.320. The monoisotopic (exact) mass is 385 g/mol. The molecular formula is C23H35N3O2. The Morgan fingerprint density at radius 1 is 1.11 bits per heavy atom. The van der Waals surface area contributed by atoms with E-state index in [1.807, 2.05) is 11.9 Å².